The smallest absolute Gasteiger partial charge is 0.550 e. The molecule has 0 spiro atoms. The summed E-state index contributed by atoms with van der Waals surface area (Å²) in [5.41, 5.74) is 0.985. The Kier molecular flexibility index (Phi) is 8.09. The first-order chi connectivity index (χ1) is 7.68. The zero-order valence-electron chi connectivity index (χ0n) is 9.30. The number of aliphatic carboxylic acids is 1. The first-order valence-corrected chi connectivity index (χ1v) is 4.75. The van der Waals surface area contributed by atoms with Crippen molar-refractivity contribution in [3.8, 4) is 0 Å². The SMILES string of the molecule is O=C([O-])CC(=O)OC/C=C/c1ccccc1.[Mg+2]. The number of carboxylic acids is 1. The molecule has 5 heteroatoms. The zero-order valence-corrected chi connectivity index (χ0v) is 10.7. The molecule has 0 N–H and O–H groups in total. The van der Waals surface area contributed by atoms with Crippen molar-refractivity contribution in [3.05, 3.63) is 42.0 Å². The Morgan fingerprint density at radius 3 is 2.47 bits per heavy atom. The van der Waals surface area contributed by atoms with Crippen molar-refractivity contribution < 1.29 is 19.4 Å². The van der Waals surface area contributed by atoms with Crippen LogP contribution in [0.3, 0.4) is 0 Å². The van der Waals surface area contributed by atoms with Crippen molar-refractivity contribution >= 4 is 41.1 Å². The fraction of sp³-hybridized carbons (Fsp3) is 0.167. The van der Waals surface area contributed by atoms with Crippen LogP contribution in [0, 0.1) is 0 Å². The van der Waals surface area contributed by atoms with E-state index in [1.165, 1.54) is 0 Å². The van der Waals surface area contributed by atoms with Crippen molar-refractivity contribution in [2.24, 2.45) is 0 Å². The van der Waals surface area contributed by atoms with Crippen LogP contribution in [0.2, 0.25) is 0 Å². The van der Waals surface area contributed by atoms with Crippen LogP contribution in [0.5, 0.6) is 0 Å². The maximum absolute atomic E-state index is 10.8. The minimum atomic E-state index is -1.43. The minimum absolute atomic E-state index is 0. The molecule has 0 bridgehead atoms. The van der Waals surface area contributed by atoms with Gasteiger partial charge in [0, 0.05) is 0 Å². The van der Waals surface area contributed by atoms with E-state index in [9.17, 15) is 14.7 Å². The quantitative estimate of drug-likeness (QED) is 0.415. The van der Waals surface area contributed by atoms with Crippen molar-refractivity contribution in [1.29, 1.82) is 0 Å². The van der Waals surface area contributed by atoms with E-state index in [0.717, 1.165) is 5.56 Å². The molecule has 0 amide bonds. The van der Waals surface area contributed by atoms with Gasteiger partial charge in [-0.25, -0.2) is 0 Å². The monoisotopic (exact) mass is 243 g/mol. The molecule has 17 heavy (non-hydrogen) atoms. The maximum atomic E-state index is 10.8. The second-order valence-electron chi connectivity index (χ2n) is 3.04. The van der Waals surface area contributed by atoms with Crippen LogP contribution >= 0.6 is 0 Å². The van der Waals surface area contributed by atoms with Gasteiger partial charge in [-0.15, -0.1) is 0 Å². The number of rotatable bonds is 5. The molecule has 0 unspecified atom stereocenters. The van der Waals surface area contributed by atoms with E-state index >= 15 is 0 Å². The van der Waals surface area contributed by atoms with Gasteiger partial charge in [0.25, 0.3) is 0 Å². The Balaban J connectivity index is 0.00000256. The summed E-state index contributed by atoms with van der Waals surface area (Å²) in [6.45, 7) is 0.0566. The van der Waals surface area contributed by atoms with Gasteiger partial charge in [-0.2, -0.15) is 0 Å². The normalized spacial score (nSPS) is 9.65. The second-order valence-corrected chi connectivity index (χ2v) is 3.04. The summed E-state index contributed by atoms with van der Waals surface area (Å²) >= 11 is 0. The third-order valence-corrected chi connectivity index (χ3v) is 1.74. The summed E-state index contributed by atoms with van der Waals surface area (Å²) in [6.07, 6.45) is 2.72. The van der Waals surface area contributed by atoms with Crippen LogP contribution in [-0.4, -0.2) is 41.6 Å². The molecule has 0 saturated carbocycles. The second kappa shape index (κ2) is 8.78. The van der Waals surface area contributed by atoms with Crippen LogP contribution in [0.25, 0.3) is 6.08 Å². The molecule has 1 aromatic rings. The average Bonchev–Trinajstić information content (AvgIpc) is 2.25. The molecular weight excluding hydrogens is 232 g/mol. The van der Waals surface area contributed by atoms with Gasteiger partial charge in [0.2, 0.25) is 0 Å². The average molecular weight is 244 g/mol. The van der Waals surface area contributed by atoms with E-state index in [0.29, 0.717) is 0 Å². The number of carbonyl (C=O) groups excluding carboxylic acids is 2. The van der Waals surface area contributed by atoms with Gasteiger partial charge in [0.05, 0.1) is 12.4 Å². The summed E-state index contributed by atoms with van der Waals surface area (Å²) in [4.78, 5) is 20.8. The van der Waals surface area contributed by atoms with Crippen molar-refractivity contribution in [2.45, 2.75) is 6.42 Å². The summed E-state index contributed by atoms with van der Waals surface area (Å²) in [5, 5.41) is 10.0. The molecule has 0 heterocycles. The first kappa shape index (κ1) is 15.7. The molecule has 4 nitrogen and oxygen atoms in total. The molecule has 0 fully saturated rings. The van der Waals surface area contributed by atoms with Crippen molar-refractivity contribution in [3.63, 3.8) is 0 Å². The Morgan fingerprint density at radius 2 is 1.88 bits per heavy atom. The van der Waals surface area contributed by atoms with Crippen LogP contribution in [0.15, 0.2) is 36.4 Å². The predicted octanol–water partition coefficient (Wildman–Crippen LogP) is 0.00220. The van der Waals surface area contributed by atoms with E-state index in [2.05, 4.69) is 4.74 Å². The minimum Gasteiger partial charge on any atom is -0.550 e. The van der Waals surface area contributed by atoms with Crippen LogP contribution in [0.1, 0.15) is 12.0 Å². The third-order valence-electron chi connectivity index (χ3n) is 1.74. The van der Waals surface area contributed by atoms with Gasteiger partial charge in [0.15, 0.2) is 0 Å². The van der Waals surface area contributed by atoms with Gasteiger partial charge >= 0.3 is 29.0 Å². The van der Waals surface area contributed by atoms with Crippen LogP contribution < -0.4 is 5.11 Å². The topological polar surface area (TPSA) is 66.4 Å². The van der Waals surface area contributed by atoms with Crippen LogP contribution in [-0.2, 0) is 14.3 Å². The van der Waals surface area contributed by atoms with E-state index in [-0.39, 0.29) is 29.7 Å². The van der Waals surface area contributed by atoms with E-state index < -0.39 is 18.4 Å². The molecule has 0 aliphatic heterocycles. The molecule has 0 aliphatic carbocycles. The van der Waals surface area contributed by atoms with Gasteiger partial charge in [-0.1, -0.05) is 36.4 Å². The van der Waals surface area contributed by atoms with Crippen molar-refractivity contribution in [2.75, 3.05) is 6.61 Å². The molecule has 0 saturated heterocycles. The predicted molar refractivity (Wildman–Crippen MR) is 61.8 cm³/mol. The number of hydrogen-bond acceptors (Lipinski definition) is 4. The Hall–Kier alpha value is -1.33. The number of carboxylic acid groups (broad SMARTS) is 1. The number of carbonyl (C=O) groups is 2. The summed E-state index contributed by atoms with van der Waals surface area (Å²) in [5.74, 6) is -2.23. The number of benzene rings is 1. The molecule has 0 aromatic heterocycles. The zero-order chi connectivity index (χ0) is 11.8. The number of hydrogen-bond donors (Lipinski definition) is 0. The Morgan fingerprint density at radius 1 is 1.24 bits per heavy atom. The van der Waals surface area contributed by atoms with E-state index in [1.54, 1.807) is 12.2 Å². The number of ether oxygens (including phenoxy) is 1. The van der Waals surface area contributed by atoms with Gasteiger partial charge < -0.3 is 14.6 Å². The largest absolute Gasteiger partial charge is 2.00 e. The number of esters is 1. The van der Waals surface area contributed by atoms with Gasteiger partial charge in [-0.3, -0.25) is 4.79 Å². The third kappa shape index (κ3) is 7.54. The summed E-state index contributed by atoms with van der Waals surface area (Å²) in [6, 6.07) is 9.49. The van der Waals surface area contributed by atoms with Crippen LogP contribution in [0.4, 0.5) is 0 Å². The Bertz CT molecular complexity index is 387. The molecule has 1 rings (SSSR count). The fourth-order valence-corrected chi connectivity index (χ4v) is 1.06. The maximum Gasteiger partial charge on any atom is 2.00 e. The molecule has 0 atom stereocenters. The van der Waals surface area contributed by atoms with E-state index in [4.69, 9.17) is 0 Å². The molecular formula is C12H11MgO4+. The Labute approximate surface area is 115 Å². The van der Waals surface area contributed by atoms with Gasteiger partial charge in [-0.05, 0) is 11.6 Å². The van der Waals surface area contributed by atoms with Gasteiger partial charge in [0.1, 0.15) is 6.61 Å². The molecule has 0 radical (unpaired) electrons. The molecule has 84 valence electrons. The van der Waals surface area contributed by atoms with E-state index in [1.807, 2.05) is 30.3 Å². The first-order valence-electron chi connectivity index (χ1n) is 4.75. The molecule has 0 aliphatic rings. The summed E-state index contributed by atoms with van der Waals surface area (Å²) in [7, 11) is 0. The fourth-order valence-electron chi connectivity index (χ4n) is 1.06. The molecule has 1 aromatic carbocycles. The summed E-state index contributed by atoms with van der Waals surface area (Å²) < 4.78 is 4.63. The van der Waals surface area contributed by atoms with Crippen molar-refractivity contribution in [1.82, 2.24) is 0 Å². The standard InChI is InChI=1S/C12H12O4.Mg/c13-11(14)9-12(15)16-8-4-7-10-5-2-1-3-6-10;/h1-7H,8-9H2,(H,13,14);/q;+2/p-1/b7-4+;.